The minimum absolute atomic E-state index is 0.193. The SMILES string of the molecule is COc1nc(Oc2ncn(-c3ccccc3)n2)ccc1N. The zero-order valence-electron chi connectivity index (χ0n) is 11.3. The third-order valence-corrected chi connectivity index (χ3v) is 2.74. The molecule has 0 radical (unpaired) electrons. The van der Waals surface area contributed by atoms with Crippen LogP contribution >= 0.6 is 0 Å². The fraction of sp³-hybridized carbons (Fsp3) is 0.0714. The van der Waals surface area contributed by atoms with Crippen LogP contribution in [0, 0.1) is 0 Å². The number of hydrogen-bond donors (Lipinski definition) is 1. The molecule has 0 aliphatic heterocycles. The first kappa shape index (κ1) is 12.9. The molecular formula is C14H13N5O2. The molecule has 0 atom stereocenters. The standard InChI is InChI=1S/C14H13N5O2/c1-20-13-11(15)7-8-12(17-13)21-14-16-9-19(18-14)10-5-3-2-4-6-10/h2-9H,15H2,1H3. The minimum Gasteiger partial charge on any atom is -0.479 e. The molecule has 0 amide bonds. The van der Waals surface area contributed by atoms with Crippen LogP contribution in [0.15, 0.2) is 48.8 Å². The van der Waals surface area contributed by atoms with Crippen LogP contribution in [0.4, 0.5) is 5.69 Å². The number of aromatic nitrogens is 4. The maximum Gasteiger partial charge on any atom is 0.342 e. The Labute approximate surface area is 121 Å². The molecule has 0 fully saturated rings. The van der Waals surface area contributed by atoms with E-state index < -0.39 is 0 Å². The fourth-order valence-corrected chi connectivity index (χ4v) is 1.75. The van der Waals surface area contributed by atoms with E-state index in [1.807, 2.05) is 30.3 Å². The van der Waals surface area contributed by atoms with Gasteiger partial charge in [-0.05, 0) is 18.2 Å². The van der Waals surface area contributed by atoms with Crippen molar-refractivity contribution in [2.45, 2.75) is 0 Å². The zero-order valence-corrected chi connectivity index (χ0v) is 11.3. The zero-order chi connectivity index (χ0) is 14.7. The molecular weight excluding hydrogens is 270 g/mol. The number of para-hydroxylation sites is 1. The summed E-state index contributed by atoms with van der Waals surface area (Å²) < 4.78 is 12.1. The van der Waals surface area contributed by atoms with Gasteiger partial charge in [0.1, 0.15) is 6.33 Å². The van der Waals surface area contributed by atoms with Gasteiger partial charge in [-0.1, -0.05) is 18.2 Å². The van der Waals surface area contributed by atoms with Crippen LogP contribution in [0.25, 0.3) is 5.69 Å². The first-order chi connectivity index (χ1) is 10.3. The number of nitrogens with two attached hydrogens (primary N) is 1. The smallest absolute Gasteiger partial charge is 0.342 e. The average Bonchev–Trinajstić information content (AvgIpc) is 2.98. The van der Waals surface area contributed by atoms with Crippen molar-refractivity contribution in [1.82, 2.24) is 19.7 Å². The predicted molar refractivity (Wildman–Crippen MR) is 76.6 cm³/mol. The minimum atomic E-state index is 0.193. The number of nitrogens with zero attached hydrogens (tertiary/aromatic N) is 4. The van der Waals surface area contributed by atoms with E-state index in [4.69, 9.17) is 15.2 Å². The van der Waals surface area contributed by atoms with Crippen molar-refractivity contribution < 1.29 is 9.47 Å². The molecule has 1 aromatic carbocycles. The third kappa shape index (κ3) is 2.76. The Morgan fingerprint density at radius 1 is 1.10 bits per heavy atom. The number of nitrogen functional groups attached to an aromatic ring is 1. The van der Waals surface area contributed by atoms with Crippen molar-refractivity contribution in [2.75, 3.05) is 12.8 Å². The topological polar surface area (TPSA) is 88.1 Å². The molecule has 2 N–H and O–H groups in total. The Hall–Kier alpha value is -3.09. The number of pyridine rings is 1. The van der Waals surface area contributed by atoms with Gasteiger partial charge in [0, 0.05) is 6.07 Å². The Balaban J connectivity index is 1.82. The van der Waals surface area contributed by atoms with Crippen molar-refractivity contribution in [2.24, 2.45) is 0 Å². The van der Waals surface area contributed by atoms with E-state index in [-0.39, 0.29) is 6.01 Å². The lowest BCUT2D eigenvalue weighted by Gasteiger charge is -2.05. The highest BCUT2D eigenvalue weighted by Crippen LogP contribution is 2.24. The molecule has 7 heteroatoms. The summed E-state index contributed by atoms with van der Waals surface area (Å²) in [4.78, 5) is 8.19. The molecule has 0 aliphatic rings. The number of rotatable bonds is 4. The van der Waals surface area contributed by atoms with Crippen molar-refractivity contribution in [3.05, 3.63) is 48.8 Å². The largest absolute Gasteiger partial charge is 0.479 e. The summed E-state index contributed by atoms with van der Waals surface area (Å²) in [6.07, 6.45) is 1.57. The second-order valence-electron chi connectivity index (χ2n) is 4.16. The van der Waals surface area contributed by atoms with Crippen molar-refractivity contribution in [1.29, 1.82) is 0 Å². The second-order valence-corrected chi connectivity index (χ2v) is 4.16. The molecule has 21 heavy (non-hydrogen) atoms. The molecule has 7 nitrogen and oxygen atoms in total. The molecule has 0 spiro atoms. The van der Waals surface area contributed by atoms with Gasteiger partial charge in [0.25, 0.3) is 0 Å². The predicted octanol–water partition coefficient (Wildman–Crippen LogP) is 2.05. The summed E-state index contributed by atoms with van der Waals surface area (Å²) in [5.74, 6) is 0.613. The molecule has 2 aromatic heterocycles. The molecule has 106 valence electrons. The van der Waals surface area contributed by atoms with E-state index in [9.17, 15) is 0 Å². The molecule has 3 rings (SSSR count). The first-order valence-electron chi connectivity index (χ1n) is 6.22. The normalized spacial score (nSPS) is 10.3. The summed E-state index contributed by atoms with van der Waals surface area (Å²) in [6.45, 7) is 0. The van der Waals surface area contributed by atoms with E-state index >= 15 is 0 Å². The number of ether oxygens (including phenoxy) is 2. The van der Waals surface area contributed by atoms with Gasteiger partial charge < -0.3 is 15.2 Å². The van der Waals surface area contributed by atoms with E-state index in [0.717, 1.165) is 5.69 Å². The summed E-state index contributed by atoms with van der Waals surface area (Å²) in [5.41, 5.74) is 7.02. The fourth-order valence-electron chi connectivity index (χ4n) is 1.75. The second kappa shape index (κ2) is 5.49. The van der Waals surface area contributed by atoms with Crippen LogP contribution in [-0.4, -0.2) is 26.9 Å². The lowest BCUT2D eigenvalue weighted by Crippen LogP contribution is -1.98. The van der Waals surface area contributed by atoms with Crippen LogP contribution in [0.5, 0.6) is 17.8 Å². The maximum atomic E-state index is 5.70. The quantitative estimate of drug-likeness (QED) is 0.788. The lowest BCUT2D eigenvalue weighted by molar-refractivity contribution is 0.378. The summed E-state index contributed by atoms with van der Waals surface area (Å²) >= 11 is 0. The highest BCUT2D eigenvalue weighted by molar-refractivity contribution is 5.49. The molecule has 3 aromatic rings. The van der Waals surface area contributed by atoms with Crippen LogP contribution in [0.3, 0.4) is 0 Å². The summed E-state index contributed by atoms with van der Waals surface area (Å²) in [6, 6.07) is 13.1. The van der Waals surface area contributed by atoms with Crippen LogP contribution in [0.1, 0.15) is 0 Å². The Morgan fingerprint density at radius 3 is 2.67 bits per heavy atom. The van der Waals surface area contributed by atoms with E-state index in [1.54, 1.807) is 23.1 Å². The number of hydrogen-bond acceptors (Lipinski definition) is 6. The first-order valence-corrected chi connectivity index (χ1v) is 6.22. The highest BCUT2D eigenvalue weighted by atomic mass is 16.5. The van der Waals surface area contributed by atoms with Gasteiger partial charge in [0.05, 0.1) is 18.5 Å². The van der Waals surface area contributed by atoms with Crippen LogP contribution in [-0.2, 0) is 0 Å². The van der Waals surface area contributed by atoms with Crippen molar-refractivity contribution in [3.63, 3.8) is 0 Å². The van der Waals surface area contributed by atoms with E-state index in [1.165, 1.54) is 7.11 Å². The lowest BCUT2D eigenvalue weighted by atomic mass is 10.3. The van der Waals surface area contributed by atoms with Gasteiger partial charge in [0.2, 0.25) is 11.8 Å². The number of anilines is 1. The van der Waals surface area contributed by atoms with Gasteiger partial charge in [-0.25, -0.2) is 4.68 Å². The molecule has 0 saturated carbocycles. The molecule has 0 bridgehead atoms. The third-order valence-electron chi connectivity index (χ3n) is 2.74. The Kier molecular flexibility index (Phi) is 3.38. The number of methoxy groups -OCH3 is 1. The average molecular weight is 283 g/mol. The van der Waals surface area contributed by atoms with Gasteiger partial charge >= 0.3 is 6.01 Å². The Bertz CT molecular complexity index is 742. The molecule has 0 unspecified atom stereocenters. The summed E-state index contributed by atoms with van der Waals surface area (Å²) in [7, 11) is 1.49. The monoisotopic (exact) mass is 283 g/mol. The molecule has 0 saturated heterocycles. The van der Waals surface area contributed by atoms with Gasteiger partial charge in [0.15, 0.2) is 0 Å². The highest BCUT2D eigenvalue weighted by Gasteiger charge is 2.08. The number of benzene rings is 1. The van der Waals surface area contributed by atoms with Gasteiger partial charge in [-0.15, -0.1) is 5.10 Å². The maximum absolute atomic E-state index is 5.70. The van der Waals surface area contributed by atoms with Gasteiger partial charge in [-0.3, -0.25) is 0 Å². The Morgan fingerprint density at radius 2 is 1.90 bits per heavy atom. The van der Waals surface area contributed by atoms with Crippen LogP contribution in [0.2, 0.25) is 0 Å². The molecule has 2 heterocycles. The van der Waals surface area contributed by atoms with Gasteiger partial charge in [-0.2, -0.15) is 9.97 Å². The molecule has 0 aliphatic carbocycles. The summed E-state index contributed by atoms with van der Waals surface area (Å²) in [5, 5.41) is 4.22. The van der Waals surface area contributed by atoms with E-state index in [0.29, 0.717) is 17.4 Å². The van der Waals surface area contributed by atoms with E-state index in [2.05, 4.69) is 15.1 Å². The van der Waals surface area contributed by atoms with Crippen molar-refractivity contribution >= 4 is 5.69 Å². The van der Waals surface area contributed by atoms with Crippen molar-refractivity contribution in [3.8, 4) is 23.5 Å². The van der Waals surface area contributed by atoms with Crippen LogP contribution < -0.4 is 15.2 Å².